The van der Waals surface area contributed by atoms with E-state index in [4.69, 9.17) is 5.73 Å². The van der Waals surface area contributed by atoms with Crippen LogP contribution in [-0.4, -0.2) is 73.0 Å². The lowest BCUT2D eigenvalue weighted by Gasteiger charge is -2.40. The van der Waals surface area contributed by atoms with E-state index in [9.17, 15) is 4.79 Å². The Morgan fingerprint density at radius 1 is 1.04 bits per heavy atom. The number of nitrogens with zero attached hydrogens (tertiary/aromatic N) is 3. The molecule has 5 nitrogen and oxygen atoms in total. The van der Waals surface area contributed by atoms with E-state index in [0.29, 0.717) is 0 Å². The van der Waals surface area contributed by atoms with Crippen molar-refractivity contribution in [3.63, 3.8) is 0 Å². The van der Waals surface area contributed by atoms with Gasteiger partial charge < -0.3 is 15.5 Å². The van der Waals surface area contributed by atoms with Gasteiger partial charge >= 0.3 is 0 Å². The largest absolute Gasteiger partial charge is 0.341 e. The Morgan fingerprint density at radius 3 is 2.26 bits per heavy atom. The normalized spacial score (nSPS) is 23.0. The molecule has 0 aromatic heterocycles. The molecule has 1 amide bonds. The lowest BCUT2D eigenvalue weighted by atomic mass is 10.00. The van der Waals surface area contributed by atoms with E-state index < -0.39 is 0 Å². The summed E-state index contributed by atoms with van der Waals surface area (Å²) in [6, 6.07) is 10.3. The number of hydrogen-bond acceptors (Lipinski definition) is 4. The Bertz CT molecular complexity index is 505. The zero-order valence-corrected chi connectivity index (χ0v) is 14.0. The summed E-state index contributed by atoms with van der Waals surface area (Å²) < 4.78 is 0. The van der Waals surface area contributed by atoms with E-state index in [2.05, 4.69) is 29.0 Å². The molecule has 1 atom stereocenters. The zero-order valence-electron chi connectivity index (χ0n) is 14.0. The summed E-state index contributed by atoms with van der Waals surface area (Å²) in [5.74, 6) is 0.243. The van der Waals surface area contributed by atoms with Crippen LogP contribution in [0.1, 0.15) is 24.4 Å². The Balaban J connectivity index is 1.79. The summed E-state index contributed by atoms with van der Waals surface area (Å²) in [6.07, 6.45) is 1.83. The minimum absolute atomic E-state index is 0.153. The summed E-state index contributed by atoms with van der Waals surface area (Å²) in [7, 11) is 2.14. The van der Waals surface area contributed by atoms with Crippen LogP contribution in [0.25, 0.3) is 0 Å². The summed E-state index contributed by atoms with van der Waals surface area (Å²) in [6.45, 7) is 5.49. The SMILES string of the molecule is CN1CCN(C(C(=O)N2CCC(N)CC2)c2ccccc2)CC1. The second-order valence-electron chi connectivity index (χ2n) is 6.82. The molecule has 2 N–H and O–H groups in total. The first-order valence-corrected chi connectivity index (χ1v) is 8.67. The smallest absolute Gasteiger partial charge is 0.244 e. The highest BCUT2D eigenvalue weighted by Crippen LogP contribution is 2.26. The van der Waals surface area contributed by atoms with Crippen molar-refractivity contribution in [3.8, 4) is 0 Å². The van der Waals surface area contributed by atoms with Gasteiger partial charge in [0.2, 0.25) is 5.91 Å². The Kier molecular flexibility index (Phi) is 5.30. The molecule has 2 fully saturated rings. The van der Waals surface area contributed by atoms with E-state index in [0.717, 1.165) is 57.7 Å². The van der Waals surface area contributed by atoms with Gasteiger partial charge in [-0.05, 0) is 25.5 Å². The molecule has 0 radical (unpaired) electrons. The number of rotatable bonds is 3. The van der Waals surface area contributed by atoms with E-state index >= 15 is 0 Å². The lowest BCUT2D eigenvalue weighted by Crippen LogP contribution is -2.52. The average molecular weight is 316 g/mol. The molecule has 126 valence electrons. The van der Waals surface area contributed by atoms with Gasteiger partial charge in [-0.3, -0.25) is 9.69 Å². The number of benzene rings is 1. The Hall–Kier alpha value is -1.43. The van der Waals surface area contributed by atoms with Crippen molar-refractivity contribution in [2.24, 2.45) is 5.73 Å². The summed E-state index contributed by atoms with van der Waals surface area (Å²) >= 11 is 0. The van der Waals surface area contributed by atoms with Crippen LogP contribution in [0.4, 0.5) is 0 Å². The molecular formula is C18H28N4O. The van der Waals surface area contributed by atoms with E-state index in [1.165, 1.54) is 0 Å². The monoisotopic (exact) mass is 316 g/mol. The van der Waals surface area contributed by atoms with Crippen molar-refractivity contribution in [1.29, 1.82) is 0 Å². The third-order valence-electron chi connectivity index (χ3n) is 5.10. The van der Waals surface area contributed by atoms with Crippen LogP contribution < -0.4 is 5.73 Å². The van der Waals surface area contributed by atoms with Crippen molar-refractivity contribution in [1.82, 2.24) is 14.7 Å². The molecule has 1 unspecified atom stereocenters. The number of carbonyl (C=O) groups excluding carboxylic acids is 1. The van der Waals surface area contributed by atoms with Crippen molar-refractivity contribution >= 4 is 5.91 Å². The van der Waals surface area contributed by atoms with E-state index in [1.807, 2.05) is 23.1 Å². The lowest BCUT2D eigenvalue weighted by molar-refractivity contribution is -0.139. The van der Waals surface area contributed by atoms with Gasteiger partial charge in [0.15, 0.2) is 0 Å². The maximum Gasteiger partial charge on any atom is 0.244 e. The first kappa shape index (κ1) is 16.4. The number of nitrogens with two attached hydrogens (primary N) is 1. The summed E-state index contributed by atoms with van der Waals surface area (Å²) in [5, 5.41) is 0. The predicted molar refractivity (Wildman–Crippen MR) is 92.0 cm³/mol. The van der Waals surface area contributed by atoms with Gasteiger partial charge in [-0.15, -0.1) is 0 Å². The molecular weight excluding hydrogens is 288 g/mol. The van der Waals surface area contributed by atoms with Crippen molar-refractivity contribution in [3.05, 3.63) is 35.9 Å². The molecule has 2 saturated heterocycles. The van der Waals surface area contributed by atoms with Crippen LogP contribution in [-0.2, 0) is 4.79 Å². The van der Waals surface area contributed by atoms with Crippen LogP contribution >= 0.6 is 0 Å². The average Bonchev–Trinajstić information content (AvgIpc) is 2.58. The van der Waals surface area contributed by atoms with Gasteiger partial charge in [0.25, 0.3) is 0 Å². The molecule has 23 heavy (non-hydrogen) atoms. The zero-order chi connectivity index (χ0) is 16.2. The second kappa shape index (κ2) is 7.43. The summed E-state index contributed by atoms with van der Waals surface area (Å²) in [5.41, 5.74) is 7.10. The molecule has 0 spiro atoms. The van der Waals surface area contributed by atoms with Crippen LogP contribution in [0.2, 0.25) is 0 Å². The maximum atomic E-state index is 13.2. The van der Waals surface area contributed by atoms with E-state index in [-0.39, 0.29) is 18.0 Å². The number of hydrogen-bond donors (Lipinski definition) is 1. The first-order valence-electron chi connectivity index (χ1n) is 8.67. The minimum atomic E-state index is -0.153. The van der Waals surface area contributed by atoms with Gasteiger partial charge in [0, 0.05) is 45.3 Å². The third-order valence-corrected chi connectivity index (χ3v) is 5.10. The molecule has 1 aromatic carbocycles. The van der Waals surface area contributed by atoms with Gasteiger partial charge in [-0.2, -0.15) is 0 Å². The maximum absolute atomic E-state index is 13.2. The molecule has 0 aliphatic carbocycles. The van der Waals surface area contributed by atoms with Crippen molar-refractivity contribution in [2.45, 2.75) is 24.9 Å². The van der Waals surface area contributed by atoms with Gasteiger partial charge in [0.05, 0.1) is 0 Å². The molecule has 2 aliphatic rings. The highest BCUT2D eigenvalue weighted by atomic mass is 16.2. The molecule has 2 heterocycles. The number of carbonyl (C=O) groups is 1. The summed E-state index contributed by atoms with van der Waals surface area (Å²) in [4.78, 5) is 19.9. The van der Waals surface area contributed by atoms with Crippen LogP contribution in [0.15, 0.2) is 30.3 Å². The molecule has 1 aromatic rings. The fraction of sp³-hybridized carbons (Fsp3) is 0.611. The fourth-order valence-electron chi connectivity index (χ4n) is 3.52. The van der Waals surface area contributed by atoms with Gasteiger partial charge in [-0.25, -0.2) is 0 Å². The number of piperazine rings is 1. The number of piperidine rings is 1. The van der Waals surface area contributed by atoms with Crippen LogP contribution in [0.3, 0.4) is 0 Å². The Morgan fingerprint density at radius 2 is 1.65 bits per heavy atom. The molecule has 5 heteroatoms. The molecule has 0 saturated carbocycles. The number of likely N-dealkylation sites (tertiary alicyclic amines) is 1. The highest BCUT2D eigenvalue weighted by molar-refractivity contribution is 5.83. The topological polar surface area (TPSA) is 52.8 Å². The predicted octanol–water partition coefficient (Wildman–Crippen LogP) is 0.925. The highest BCUT2D eigenvalue weighted by Gasteiger charge is 2.33. The van der Waals surface area contributed by atoms with Gasteiger partial charge in [0.1, 0.15) is 6.04 Å². The third kappa shape index (κ3) is 3.91. The molecule has 2 aliphatic heterocycles. The van der Waals surface area contributed by atoms with Crippen LogP contribution in [0, 0.1) is 0 Å². The quantitative estimate of drug-likeness (QED) is 0.901. The Labute approximate surface area is 139 Å². The minimum Gasteiger partial charge on any atom is -0.341 e. The van der Waals surface area contributed by atoms with Crippen molar-refractivity contribution < 1.29 is 4.79 Å². The fourth-order valence-corrected chi connectivity index (χ4v) is 3.52. The van der Waals surface area contributed by atoms with Gasteiger partial charge in [-0.1, -0.05) is 30.3 Å². The van der Waals surface area contributed by atoms with Crippen molar-refractivity contribution in [2.75, 3.05) is 46.3 Å². The second-order valence-corrected chi connectivity index (χ2v) is 6.82. The number of likely N-dealkylation sites (N-methyl/N-ethyl adjacent to an activating group) is 1. The van der Waals surface area contributed by atoms with Crippen LogP contribution in [0.5, 0.6) is 0 Å². The standard InChI is InChI=1S/C18H28N4O/c1-20-11-13-21(14-12-20)17(15-5-3-2-4-6-15)18(23)22-9-7-16(19)8-10-22/h2-6,16-17H,7-14,19H2,1H3. The molecule has 3 rings (SSSR count). The molecule has 0 bridgehead atoms. The first-order chi connectivity index (χ1) is 11.1. The van der Waals surface area contributed by atoms with E-state index in [1.54, 1.807) is 0 Å². The number of amides is 1.